The molecule has 0 aliphatic heterocycles. The van der Waals surface area contributed by atoms with Crippen molar-refractivity contribution in [1.29, 1.82) is 0 Å². The maximum atomic E-state index is 13.3. The Morgan fingerprint density at radius 1 is 0.926 bits per heavy atom. The molecule has 0 bridgehead atoms. The lowest BCUT2D eigenvalue weighted by Crippen LogP contribution is -2.33. The summed E-state index contributed by atoms with van der Waals surface area (Å²) in [5.41, 5.74) is 2.09. The minimum atomic E-state index is -3.92. The molecule has 0 heterocycles. The second-order valence-electron chi connectivity index (χ2n) is 7.40. The molecule has 3 rings (SSSR count). The lowest BCUT2D eigenvalue weighted by molar-refractivity contribution is 0.397. The summed E-state index contributed by atoms with van der Waals surface area (Å²) in [5, 5.41) is 0. The van der Waals surface area contributed by atoms with Crippen LogP contribution in [0.25, 0.3) is 0 Å². The smallest absolute Gasteiger partial charge is 0.224 e. The van der Waals surface area contributed by atoms with Crippen molar-refractivity contribution < 1.29 is 16.8 Å². The maximum Gasteiger partial charge on any atom is 0.244 e. The normalized spacial score (nSPS) is 15.4. The molecule has 2 aromatic rings. The van der Waals surface area contributed by atoms with Crippen LogP contribution >= 0.6 is 0 Å². The molecule has 0 amide bonds. The van der Waals surface area contributed by atoms with E-state index in [0.29, 0.717) is 5.92 Å². The fourth-order valence-electron chi connectivity index (χ4n) is 3.06. The number of benzene rings is 2. The van der Waals surface area contributed by atoms with E-state index in [0.717, 1.165) is 24.7 Å². The number of hydrogen-bond acceptors (Lipinski definition) is 4. The molecule has 0 N–H and O–H groups in total. The monoisotopic (exact) mass is 407 g/mol. The Labute approximate surface area is 162 Å². The van der Waals surface area contributed by atoms with Gasteiger partial charge in [0.25, 0.3) is 0 Å². The van der Waals surface area contributed by atoms with Gasteiger partial charge in [0.2, 0.25) is 10.0 Å². The molecule has 0 aromatic heterocycles. The van der Waals surface area contributed by atoms with Gasteiger partial charge in [0.15, 0.2) is 9.84 Å². The van der Waals surface area contributed by atoms with Crippen LogP contribution in [0.5, 0.6) is 0 Å². The van der Waals surface area contributed by atoms with Gasteiger partial charge < -0.3 is 0 Å². The van der Waals surface area contributed by atoms with E-state index >= 15 is 0 Å². The summed E-state index contributed by atoms with van der Waals surface area (Å²) in [6.07, 6.45) is 2.63. The van der Waals surface area contributed by atoms with E-state index in [4.69, 9.17) is 0 Å². The Hall–Kier alpha value is -1.70. The Balaban J connectivity index is 1.98. The van der Waals surface area contributed by atoms with Crippen LogP contribution in [0.1, 0.15) is 43.7 Å². The van der Waals surface area contributed by atoms with Gasteiger partial charge in [0.05, 0.1) is 4.90 Å². The van der Waals surface area contributed by atoms with Crippen LogP contribution in [-0.4, -0.2) is 33.4 Å². The Morgan fingerprint density at radius 3 is 1.96 bits per heavy atom. The van der Waals surface area contributed by atoms with Gasteiger partial charge in [-0.3, -0.25) is 0 Å². The van der Waals surface area contributed by atoms with Crippen LogP contribution in [0.2, 0.25) is 0 Å². The molecule has 27 heavy (non-hydrogen) atoms. The zero-order valence-corrected chi connectivity index (χ0v) is 17.4. The minimum Gasteiger partial charge on any atom is -0.224 e. The summed E-state index contributed by atoms with van der Waals surface area (Å²) < 4.78 is 52.3. The molecule has 2 aromatic carbocycles. The molecule has 1 fully saturated rings. The van der Waals surface area contributed by atoms with E-state index in [1.807, 2.05) is 24.3 Å². The molecule has 0 spiro atoms. The van der Waals surface area contributed by atoms with Crippen LogP contribution in [0.3, 0.4) is 0 Å². The third kappa shape index (κ3) is 4.42. The van der Waals surface area contributed by atoms with Crippen molar-refractivity contribution in [2.45, 2.75) is 55.0 Å². The molecule has 1 saturated carbocycles. The van der Waals surface area contributed by atoms with Crippen molar-refractivity contribution >= 4 is 19.9 Å². The quantitative estimate of drug-likeness (QED) is 0.703. The summed E-state index contributed by atoms with van der Waals surface area (Å²) in [7, 11) is -7.57. The van der Waals surface area contributed by atoms with Gasteiger partial charge in [0.1, 0.15) is 4.90 Å². The summed E-state index contributed by atoms with van der Waals surface area (Å²) in [4.78, 5) is -0.288. The first-order valence-electron chi connectivity index (χ1n) is 9.00. The topological polar surface area (TPSA) is 71.5 Å². The number of nitrogens with zero attached hydrogens (tertiary/aromatic N) is 1. The van der Waals surface area contributed by atoms with E-state index < -0.39 is 19.9 Å². The van der Waals surface area contributed by atoms with Gasteiger partial charge in [-0.1, -0.05) is 50.2 Å². The van der Waals surface area contributed by atoms with Gasteiger partial charge in [-0.25, -0.2) is 16.8 Å². The standard InChI is InChI=1S/C20H25NO4S2/c1-15(2)17-10-8-16(9-11-17)14-21(18-12-13-18)27(24,25)20-7-5-4-6-19(20)26(3,22)23/h4-11,15,18H,12-14H2,1-3H3. The van der Waals surface area contributed by atoms with E-state index in [1.54, 1.807) is 12.1 Å². The van der Waals surface area contributed by atoms with Gasteiger partial charge >= 0.3 is 0 Å². The van der Waals surface area contributed by atoms with Crippen molar-refractivity contribution in [1.82, 2.24) is 4.31 Å². The van der Waals surface area contributed by atoms with E-state index in [-0.39, 0.29) is 22.4 Å². The lowest BCUT2D eigenvalue weighted by atomic mass is 10.0. The number of sulfonamides is 1. The molecule has 0 atom stereocenters. The van der Waals surface area contributed by atoms with Crippen LogP contribution in [0.15, 0.2) is 58.3 Å². The lowest BCUT2D eigenvalue weighted by Gasteiger charge is -2.23. The first-order valence-corrected chi connectivity index (χ1v) is 12.3. The summed E-state index contributed by atoms with van der Waals surface area (Å²) in [5.74, 6) is 0.406. The molecular formula is C20H25NO4S2. The van der Waals surface area contributed by atoms with Crippen molar-refractivity contribution in [3.8, 4) is 0 Å². The summed E-state index contributed by atoms with van der Waals surface area (Å²) in [6, 6.07) is 13.7. The number of sulfone groups is 1. The summed E-state index contributed by atoms with van der Waals surface area (Å²) >= 11 is 0. The Morgan fingerprint density at radius 2 is 1.48 bits per heavy atom. The highest BCUT2D eigenvalue weighted by atomic mass is 32.2. The van der Waals surface area contributed by atoms with E-state index in [2.05, 4.69) is 13.8 Å². The molecule has 0 saturated heterocycles. The van der Waals surface area contributed by atoms with Gasteiger partial charge in [0, 0.05) is 18.8 Å². The first kappa shape index (κ1) is 20.0. The third-order valence-electron chi connectivity index (χ3n) is 4.77. The van der Waals surface area contributed by atoms with Crippen LogP contribution in [-0.2, 0) is 26.4 Å². The number of hydrogen-bond donors (Lipinski definition) is 0. The van der Waals surface area contributed by atoms with Crippen molar-refractivity contribution in [3.63, 3.8) is 0 Å². The fourth-order valence-corrected chi connectivity index (χ4v) is 6.33. The highest BCUT2D eigenvalue weighted by Crippen LogP contribution is 2.35. The highest BCUT2D eigenvalue weighted by Gasteiger charge is 2.39. The molecule has 0 unspecified atom stereocenters. The zero-order valence-electron chi connectivity index (χ0n) is 15.8. The minimum absolute atomic E-state index is 0.0765. The van der Waals surface area contributed by atoms with Gasteiger partial charge in [-0.15, -0.1) is 0 Å². The largest absolute Gasteiger partial charge is 0.244 e. The van der Waals surface area contributed by atoms with E-state index in [1.165, 1.54) is 22.0 Å². The Kier molecular flexibility index (Phi) is 5.47. The molecule has 5 nitrogen and oxygen atoms in total. The van der Waals surface area contributed by atoms with Crippen LogP contribution in [0.4, 0.5) is 0 Å². The zero-order chi connectivity index (χ0) is 19.8. The number of rotatable bonds is 7. The molecule has 0 radical (unpaired) electrons. The van der Waals surface area contributed by atoms with E-state index in [9.17, 15) is 16.8 Å². The average molecular weight is 408 g/mol. The van der Waals surface area contributed by atoms with Gasteiger partial charge in [-0.05, 0) is 42.0 Å². The van der Waals surface area contributed by atoms with Crippen LogP contribution < -0.4 is 0 Å². The highest BCUT2D eigenvalue weighted by molar-refractivity contribution is 7.93. The predicted molar refractivity (Wildman–Crippen MR) is 106 cm³/mol. The molecular weight excluding hydrogens is 382 g/mol. The SMILES string of the molecule is CC(C)c1ccc(CN(C2CC2)S(=O)(=O)c2ccccc2S(C)(=O)=O)cc1. The van der Waals surface area contributed by atoms with Crippen LogP contribution in [0, 0.1) is 0 Å². The third-order valence-corrected chi connectivity index (χ3v) is 8.01. The molecule has 146 valence electrons. The second kappa shape index (κ2) is 7.37. The van der Waals surface area contributed by atoms with Crippen molar-refractivity contribution in [2.24, 2.45) is 0 Å². The Bertz CT molecular complexity index is 1020. The van der Waals surface area contributed by atoms with Crippen molar-refractivity contribution in [2.75, 3.05) is 6.26 Å². The average Bonchev–Trinajstić information content (AvgIpc) is 3.44. The van der Waals surface area contributed by atoms with Crippen molar-refractivity contribution in [3.05, 3.63) is 59.7 Å². The predicted octanol–water partition coefficient (Wildman–Crippen LogP) is 3.57. The first-order chi connectivity index (χ1) is 12.6. The molecule has 1 aliphatic carbocycles. The molecule has 7 heteroatoms. The maximum absolute atomic E-state index is 13.3. The van der Waals surface area contributed by atoms with Gasteiger partial charge in [-0.2, -0.15) is 4.31 Å². The second-order valence-corrected chi connectivity index (χ2v) is 11.2. The molecule has 1 aliphatic rings. The fraction of sp³-hybridized carbons (Fsp3) is 0.400. The summed E-state index contributed by atoms with van der Waals surface area (Å²) in [6.45, 7) is 4.46.